The third-order valence-electron chi connectivity index (χ3n) is 7.82. The van der Waals surface area contributed by atoms with Gasteiger partial charge in [-0.05, 0) is 35.7 Å². The molecule has 0 aliphatic carbocycles. The SMILES string of the molecule is C=C[C@@H]1C[N+]2(Cc3ccc(C(F)(F)F)cc3)CCC1C[C@H]2[C@H](O)c1ccnc2ccccc12.[Br-]. The smallest absolute Gasteiger partial charge is 0.416 e. The van der Waals surface area contributed by atoms with Gasteiger partial charge in [-0.2, -0.15) is 13.2 Å². The van der Waals surface area contributed by atoms with Crippen LogP contribution in [0.4, 0.5) is 13.2 Å². The lowest BCUT2D eigenvalue weighted by atomic mass is 9.71. The van der Waals surface area contributed by atoms with Gasteiger partial charge >= 0.3 is 6.18 Å². The van der Waals surface area contributed by atoms with Gasteiger partial charge in [0, 0.05) is 35.9 Å². The molecule has 6 rings (SSSR count). The van der Waals surface area contributed by atoms with Crippen LogP contribution in [0.1, 0.15) is 35.6 Å². The van der Waals surface area contributed by atoms with Gasteiger partial charge < -0.3 is 26.6 Å². The Morgan fingerprint density at radius 3 is 2.56 bits per heavy atom. The number of para-hydroxylation sites is 1. The quantitative estimate of drug-likeness (QED) is 0.405. The molecule has 180 valence electrons. The molecule has 3 aromatic rings. The van der Waals surface area contributed by atoms with Crippen molar-refractivity contribution >= 4 is 10.9 Å². The van der Waals surface area contributed by atoms with E-state index in [1.807, 2.05) is 36.4 Å². The summed E-state index contributed by atoms with van der Waals surface area (Å²) in [6.07, 6.45) is 0.648. The van der Waals surface area contributed by atoms with Gasteiger partial charge in [0.05, 0.1) is 24.2 Å². The molecule has 3 aliphatic heterocycles. The number of aromatic nitrogens is 1. The molecule has 34 heavy (non-hydrogen) atoms. The number of rotatable bonds is 5. The number of nitrogens with zero attached hydrogens (tertiary/aromatic N) is 2. The first kappa shape index (κ1) is 24.9. The number of aliphatic hydroxyl groups excluding tert-OH is 1. The van der Waals surface area contributed by atoms with Crippen molar-refractivity contribution in [2.24, 2.45) is 11.8 Å². The van der Waals surface area contributed by atoms with E-state index in [0.717, 1.165) is 60.1 Å². The summed E-state index contributed by atoms with van der Waals surface area (Å²) in [5.74, 6) is 0.827. The van der Waals surface area contributed by atoms with Crippen LogP contribution in [-0.4, -0.2) is 33.7 Å². The summed E-state index contributed by atoms with van der Waals surface area (Å²) in [4.78, 5) is 4.43. The van der Waals surface area contributed by atoms with E-state index in [2.05, 4.69) is 11.6 Å². The molecule has 3 nitrogen and oxygen atoms in total. The number of hydrogen-bond donors (Lipinski definition) is 1. The fourth-order valence-corrected chi connectivity index (χ4v) is 6.13. The Bertz CT molecular complexity index is 1160. The number of halogens is 4. The normalized spacial score (nSPS) is 27.2. The number of benzene rings is 2. The third kappa shape index (κ3) is 4.41. The van der Waals surface area contributed by atoms with E-state index < -0.39 is 17.8 Å². The maximum Gasteiger partial charge on any atom is 0.416 e. The summed E-state index contributed by atoms with van der Waals surface area (Å²) < 4.78 is 39.8. The second kappa shape index (κ2) is 9.44. The van der Waals surface area contributed by atoms with E-state index in [-0.39, 0.29) is 23.0 Å². The lowest BCUT2D eigenvalue weighted by Crippen LogP contribution is -3.00. The van der Waals surface area contributed by atoms with Crippen LogP contribution in [0.3, 0.4) is 0 Å². The van der Waals surface area contributed by atoms with Gasteiger partial charge in [0.15, 0.2) is 0 Å². The predicted octanol–water partition coefficient (Wildman–Crippen LogP) is 2.90. The molecule has 3 saturated heterocycles. The van der Waals surface area contributed by atoms with Crippen molar-refractivity contribution in [3.8, 4) is 0 Å². The third-order valence-corrected chi connectivity index (χ3v) is 7.82. The van der Waals surface area contributed by atoms with Crippen LogP contribution in [0.15, 0.2) is 73.4 Å². The highest BCUT2D eigenvalue weighted by molar-refractivity contribution is 5.82. The van der Waals surface area contributed by atoms with E-state index in [1.54, 1.807) is 18.3 Å². The molecule has 0 saturated carbocycles. The van der Waals surface area contributed by atoms with E-state index in [4.69, 9.17) is 0 Å². The topological polar surface area (TPSA) is 33.1 Å². The first-order valence-electron chi connectivity index (χ1n) is 11.5. The molecule has 1 aromatic heterocycles. The monoisotopic (exact) mass is 532 g/mol. The van der Waals surface area contributed by atoms with Gasteiger partial charge in [0.25, 0.3) is 0 Å². The molecule has 2 unspecified atom stereocenters. The van der Waals surface area contributed by atoms with Crippen LogP contribution in [0.5, 0.6) is 0 Å². The zero-order valence-electron chi connectivity index (χ0n) is 18.8. The maximum absolute atomic E-state index is 13.1. The minimum absolute atomic E-state index is 0. The average molecular weight is 533 g/mol. The first-order chi connectivity index (χ1) is 15.8. The van der Waals surface area contributed by atoms with Crippen molar-refractivity contribution in [3.05, 3.63) is 90.1 Å². The van der Waals surface area contributed by atoms with Gasteiger partial charge in [0.1, 0.15) is 18.7 Å². The lowest BCUT2D eigenvalue weighted by Gasteiger charge is -2.58. The standard InChI is InChI=1S/C27H28F3N2O.BrH/c1-2-19-17-32(16-18-7-9-21(10-8-18)27(28,29)30)14-12-20(19)15-25(32)26(33)23-11-13-31-24-6-4-3-5-22(23)24;/h2-11,13,19-20,25-26,33H,1,12,14-17H2;1H/q+1;/p-1/t19-,20?,25+,26-,32?;/m1./s1. The molecule has 2 bridgehead atoms. The highest BCUT2D eigenvalue weighted by Gasteiger charge is 2.54. The van der Waals surface area contributed by atoms with Gasteiger partial charge in [-0.3, -0.25) is 4.98 Å². The molecule has 0 radical (unpaired) electrons. The number of fused-ring (bicyclic) bond motifs is 4. The summed E-state index contributed by atoms with van der Waals surface area (Å²) in [6.45, 7) is 6.39. The second-order valence-corrected chi connectivity index (χ2v) is 9.59. The Morgan fingerprint density at radius 2 is 1.85 bits per heavy atom. The predicted molar refractivity (Wildman–Crippen MR) is 122 cm³/mol. The molecule has 3 fully saturated rings. The Balaban J connectivity index is 0.00000274. The molecule has 5 atom stereocenters. The maximum atomic E-state index is 13.1. The first-order valence-corrected chi connectivity index (χ1v) is 11.5. The summed E-state index contributed by atoms with van der Waals surface area (Å²) in [6, 6.07) is 15.2. The molecule has 2 aromatic carbocycles. The zero-order chi connectivity index (χ0) is 23.2. The van der Waals surface area contributed by atoms with Gasteiger partial charge in [0.2, 0.25) is 0 Å². The Morgan fingerprint density at radius 1 is 1.12 bits per heavy atom. The second-order valence-electron chi connectivity index (χ2n) is 9.59. The molecular weight excluding hydrogens is 505 g/mol. The number of alkyl halides is 3. The molecule has 0 amide bonds. The minimum atomic E-state index is -4.34. The van der Waals surface area contributed by atoms with E-state index >= 15 is 0 Å². The van der Waals surface area contributed by atoms with Gasteiger partial charge in [-0.1, -0.05) is 36.4 Å². The minimum Gasteiger partial charge on any atom is -1.00 e. The highest BCUT2D eigenvalue weighted by Crippen LogP contribution is 2.48. The fourth-order valence-electron chi connectivity index (χ4n) is 6.13. The lowest BCUT2D eigenvalue weighted by molar-refractivity contribution is -0.984. The summed E-state index contributed by atoms with van der Waals surface area (Å²) in [5.41, 5.74) is 1.96. The van der Waals surface area contributed by atoms with Crippen molar-refractivity contribution in [2.75, 3.05) is 13.1 Å². The molecule has 4 heterocycles. The Hall–Kier alpha value is -2.22. The number of pyridine rings is 1. The van der Waals surface area contributed by atoms with Crippen molar-refractivity contribution in [3.63, 3.8) is 0 Å². The summed E-state index contributed by atoms with van der Waals surface area (Å²) >= 11 is 0. The van der Waals surface area contributed by atoms with Gasteiger partial charge in [-0.15, -0.1) is 6.58 Å². The Labute approximate surface area is 208 Å². The summed E-state index contributed by atoms with van der Waals surface area (Å²) in [5, 5.41) is 12.6. The highest BCUT2D eigenvalue weighted by atomic mass is 79.9. The molecule has 7 heteroatoms. The zero-order valence-corrected chi connectivity index (χ0v) is 20.3. The number of piperidine rings is 3. The molecule has 1 N–H and O–H groups in total. The van der Waals surface area contributed by atoms with Crippen molar-refractivity contribution in [2.45, 2.75) is 37.7 Å². The molecule has 0 spiro atoms. The van der Waals surface area contributed by atoms with Crippen molar-refractivity contribution < 1.29 is 39.7 Å². The summed E-state index contributed by atoms with van der Waals surface area (Å²) in [7, 11) is 0. The van der Waals surface area contributed by atoms with Crippen molar-refractivity contribution in [1.82, 2.24) is 4.98 Å². The van der Waals surface area contributed by atoms with Gasteiger partial charge in [-0.25, -0.2) is 0 Å². The number of aliphatic hydroxyl groups is 1. The number of quaternary nitrogens is 1. The van der Waals surface area contributed by atoms with Crippen LogP contribution < -0.4 is 17.0 Å². The largest absolute Gasteiger partial charge is 1.00 e. The van der Waals surface area contributed by atoms with Crippen molar-refractivity contribution in [1.29, 1.82) is 0 Å². The molecule has 3 aliphatic rings. The fraction of sp³-hybridized carbons (Fsp3) is 0.370. The van der Waals surface area contributed by atoms with Crippen LogP contribution >= 0.6 is 0 Å². The Kier molecular flexibility index (Phi) is 6.91. The number of hydrogen-bond acceptors (Lipinski definition) is 2. The van der Waals surface area contributed by atoms with Crippen LogP contribution in [0.25, 0.3) is 10.9 Å². The van der Waals surface area contributed by atoms with E-state index in [1.165, 1.54) is 0 Å². The van der Waals surface area contributed by atoms with Crippen LogP contribution in [0, 0.1) is 11.8 Å². The molecular formula is C27H28BrF3N2O. The average Bonchev–Trinajstić information content (AvgIpc) is 2.83. The van der Waals surface area contributed by atoms with E-state index in [0.29, 0.717) is 22.9 Å². The van der Waals surface area contributed by atoms with Crippen LogP contribution in [0.2, 0.25) is 0 Å². The van der Waals surface area contributed by atoms with Crippen LogP contribution in [-0.2, 0) is 12.7 Å². The van der Waals surface area contributed by atoms with E-state index in [9.17, 15) is 18.3 Å².